The summed E-state index contributed by atoms with van der Waals surface area (Å²) in [5.74, 6) is 0.674. The second kappa shape index (κ2) is 8.32. The monoisotopic (exact) mass is 313 g/mol. The van der Waals surface area contributed by atoms with Gasteiger partial charge in [-0.25, -0.2) is 0 Å². The van der Waals surface area contributed by atoms with Crippen LogP contribution in [0.1, 0.15) is 30.4 Å². The molecule has 1 heterocycles. The van der Waals surface area contributed by atoms with E-state index in [-0.39, 0.29) is 23.0 Å². The lowest BCUT2D eigenvalue weighted by atomic mass is 9.94. The van der Waals surface area contributed by atoms with Crippen molar-refractivity contribution in [2.24, 2.45) is 11.7 Å². The van der Waals surface area contributed by atoms with Gasteiger partial charge in [0.1, 0.15) is 0 Å². The molecule has 21 heavy (non-hydrogen) atoms. The molecule has 0 bridgehead atoms. The summed E-state index contributed by atoms with van der Waals surface area (Å²) in [6.45, 7) is 5.51. The van der Waals surface area contributed by atoms with E-state index >= 15 is 0 Å². The Morgan fingerprint density at radius 3 is 2.90 bits per heavy atom. The molecule has 1 unspecified atom stereocenters. The molecule has 0 aromatic heterocycles. The van der Waals surface area contributed by atoms with Crippen LogP contribution in [0, 0.1) is 23.0 Å². The zero-order chi connectivity index (χ0) is 14.5. The Hall–Kier alpha value is -1.17. The maximum Gasteiger partial charge on any atom is 0.272 e. The maximum atomic E-state index is 11.0. The first-order valence-electron chi connectivity index (χ1n) is 7.27. The lowest BCUT2D eigenvalue weighted by molar-refractivity contribution is -0.385. The van der Waals surface area contributed by atoms with Crippen molar-refractivity contribution < 1.29 is 4.92 Å². The number of likely N-dealkylation sites (tertiary alicyclic amines) is 1. The Kier molecular flexibility index (Phi) is 7.08. The molecule has 1 atom stereocenters. The van der Waals surface area contributed by atoms with E-state index < -0.39 is 0 Å². The van der Waals surface area contributed by atoms with Crippen molar-refractivity contribution in [1.82, 2.24) is 4.90 Å². The molecule has 1 aromatic carbocycles. The van der Waals surface area contributed by atoms with Crippen molar-refractivity contribution in [2.45, 2.75) is 32.7 Å². The Bertz CT molecular complexity index is 480. The van der Waals surface area contributed by atoms with Crippen LogP contribution in [-0.4, -0.2) is 29.5 Å². The van der Waals surface area contributed by atoms with E-state index in [1.165, 1.54) is 12.8 Å². The Morgan fingerprint density at radius 1 is 1.48 bits per heavy atom. The first-order chi connectivity index (χ1) is 9.61. The Labute approximate surface area is 132 Å². The normalized spacial score (nSPS) is 19.0. The van der Waals surface area contributed by atoms with Crippen molar-refractivity contribution in [1.29, 1.82) is 0 Å². The van der Waals surface area contributed by atoms with Gasteiger partial charge in [-0.05, 0) is 50.8 Å². The third-order valence-electron chi connectivity index (χ3n) is 4.19. The van der Waals surface area contributed by atoms with E-state index in [9.17, 15) is 10.1 Å². The van der Waals surface area contributed by atoms with E-state index in [1.807, 2.05) is 13.0 Å². The van der Waals surface area contributed by atoms with Gasteiger partial charge >= 0.3 is 0 Å². The average Bonchev–Trinajstić information content (AvgIpc) is 2.42. The minimum absolute atomic E-state index is 0. The second-order valence-electron chi connectivity index (χ2n) is 5.64. The van der Waals surface area contributed by atoms with Crippen LogP contribution in [0.25, 0.3) is 0 Å². The molecule has 0 spiro atoms. The minimum Gasteiger partial charge on any atom is -0.330 e. The molecule has 5 nitrogen and oxygen atoms in total. The molecule has 2 rings (SSSR count). The van der Waals surface area contributed by atoms with Crippen LogP contribution in [0.2, 0.25) is 0 Å². The number of benzene rings is 1. The maximum absolute atomic E-state index is 11.0. The number of hydrogen-bond donors (Lipinski definition) is 1. The molecule has 1 saturated heterocycles. The van der Waals surface area contributed by atoms with Gasteiger partial charge in [0.25, 0.3) is 5.69 Å². The quantitative estimate of drug-likeness (QED) is 0.670. The average molecular weight is 314 g/mol. The fraction of sp³-hybridized carbons (Fsp3) is 0.600. The molecule has 1 fully saturated rings. The van der Waals surface area contributed by atoms with Gasteiger partial charge in [-0.3, -0.25) is 15.0 Å². The molecule has 118 valence electrons. The van der Waals surface area contributed by atoms with E-state index in [1.54, 1.807) is 12.1 Å². The number of piperidine rings is 1. The third-order valence-corrected chi connectivity index (χ3v) is 4.19. The summed E-state index contributed by atoms with van der Waals surface area (Å²) in [6, 6.07) is 5.35. The largest absolute Gasteiger partial charge is 0.330 e. The van der Waals surface area contributed by atoms with Crippen LogP contribution in [0.4, 0.5) is 5.69 Å². The smallest absolute Gasteiger partial charge is 0.272 e. The van der Waals surface area contributed by atoms with Crippen molar-refractivity contribution in [3.8, 4) is 0 Å². The fourth-order valence-corrected chi connectivity index (χ4v) is 3.05. The van der Waals surface area contributed by atoms with Gasteiger partial charge in [0.05, 0.1) is 4.92 Å². The number of halogens is 1. The molecule has 0 saturated carbocycles. The van der Waals surface area contributed by atoms with Crippen molar-refractivity contribution in [3.05, 3.63) is 39.4 Å². The second-order valence-corrected chi connectivity index (χ2v) is 5.64. The molecular weight excluding hydrogens is 290 g/mol. The van der Waals surface area contributed by atoms with Crippen molar-refractivity contribution in [2.75, 3.05) is 19.6 Å². The molecule has 1 aliphatic heterocycles. The summed E-state index contributed by atoms with van der Waals surface area (Å²) in [5, 5.41) is 11.0. The molecule has 1 aromatic rings. The molecule has 1 aliphatic rings. The molecular formula is C15H24ClN3O2. The molecule has 0 radical (unpaired) electrons. The Morgan fingerprint density at radius 2 is 2.24 bits per heavy atom. The number of hydrogen-bond acceptors (Lipinski definition) is 4. The van der Waals surface area contributed by atoms with Gasteiger partial charge in [-0.1, -0.05) is 12.1 Å². The predicted molar refractivity (Wildman–Crippen MR) is 86.8 cm³/mol. The van der Waals surface area contributed by atoms with Gasteiger partial charge < -0.3 is 5.73 Å². The molecule has 0 aliphatic carbocycles. The van der Waals surface area contributed by atoms with Gasteiger partial charge in [-0.2, -0.15) is 0 Å². The number of nitro groups is 1. The molecule has 2 N–H and O–H groups in total. The van der Waals surface area contributed by atoms with Crippen LogP contribution in [0.3, 0.4) is 0 Å². The van der Waals surface area contributed by atoms with Crippen LogP contribution in [-0.2, 0) is 6.54 Å². The number of nitrogens with zero attached hydrogens (tertiary/aromatic N) is 2. The zero-order valence-electron chi connectivity index (χ0n) is 12.5. The van der Waals surface area contributed by atoms with Crippen molar-refractivity contribution in [3.63, 3.8) is 0 Å². The molecule has 6 heteroatoms. The van der Waals surface area contributed by atoms with Crippen LogP contribution >= 0.6 is 12.4 Å². The highest BCUT2D eigenvalue weighted by Crippen LogP contribution is 2.25. The lowest BCUT2D eigenvalue weighted by Crippen LogP contribution is -2.35. The summed E-state index contributed by atoms with van der Waals surface area (Å²) < 4.78 is 0. The Balaban J connectivity index is 0.00000220. The topological polar surface area (TPSA) is 72.4 Å². The molecule has 0 amide bonds. The standard InChI is InChI=1S/C15H23N3O2.ClH/c1-12-14(5-2-6-15(12)18(19)20)11-17-9-3-4-13(10-17)7-8-16;/h2,5-6,13H,3-4,7-11,16H2,1H3;1H. The van der Waals surface area contributed by atoms with E-state index in [2.05, 4.69) is 4.90 Å². The van der Waals surface area contributed by atoms with Gasteiger partial charge in [0, 0.05) is 24.7 Å². The van der Waals surface area contributed by atoms with Gasteiger partial charge in [0.2, 0.25) is 0 Å². The predicted octanol–water partition coefficient (Wildman–Crippen LogP) is 2.89. The van der Waals surface area contributed by atoms with E-state index in [0.717, 1.165) is 43.7 Å². The van der Waals surface area contributed by atoms with Crippen LogP contribution in [0.5, 0.6) is 0 Å². The number of nitro benzene ring substituents is 1. The first-order valence-corrected chi connectivity index (χ1v) is 7.27. The highest BCUT2D eigenvalue weighted by atomic mass is 35.5. The minimum atomic E-state index is -0.299. The number of rotatable bonds is 5. The lowest BCUT2D eigenvalue weighted by Gasteiger charge is -2.32. The summed E-state index contributed by atoms with van der Waals surface area (Å²) >= 11 is 0. The first kappa shape index (κ1) is 17.9. The fourth-order valence-electron chi connectivity index (χ4n) is 3.05. The summed E-state index contributed by atoms with van der Waals surface area (Å²) in [6.07, 6.45) is 3.52. The highest BCUT2D eigenvalue weighted by Gasteiger charge is 2.21. The highest BCUT2D eigenvalue weighted by molar-refractivity contribution is 5.85. The van der Waals surface area contributed by atoms with Crippen molar-refractivity contribution >= 4 is 18.1 Å². The number of nitrogens with two attached hydrogens (primary N) is 1. The van der Waals surface area contributed by atoms with E-state index in [0.29, 0.717) is 5.92 Å². The van der Waals surface area contributed by atoms with Gasteiger partial charge in [-0.15, -0.1) is 12.4 Å². The summed E-state index contributed by atoms with van der Waals surface area (Å²) in [7, 11) is 0. The van der Waals surface area contributed by atoms with Crippen LogP contribution in [0.15, 0.2) is 18.2 Å². The summed E-state index contributed by atoms with van der Waals surface area (Å²) in [5.41, 5.74) is 7.71. The zero-order valence-corrected chi connectivity index (χ0v) is 13.3. The van der Waals surface area contributed by atoms with E-state index in [4.69, 9.17) is 5.73 Å². The van der Waals surface area contributed by atoms with Gasteiger partial charge in [0.15, 0.2) is 0 Å². The third kappa shape index (κ3) is 4.66. The summed E-state index contributed by atoms with van der Waals surface area (Å²) in [4.78, 5) is 13.1. The SMILES string of the molecule is Cc1c(CN2CCCC(CCN)C2)cccc1[N+](=O)[O-].Cl. The van der Waals surface area contributed by atoms with Crippen LogP contribution < -0.4 is 5.73 Å².